The van der Waals surface area contributed by atoms with Gasteiger partial charge in [0.25, 0.3) is 0 Å². The summed E-state index contributed by atoms with van der Waals surface area (Å²) in [5, 5.41) is 0.795. The molecule has 24 heavy (non-hydrogen) atoms. The van der Waals surface area contributed by atoms with Gasteiger partial charge < -0.3 is 4.98 Å². The van der Waals surface area contributed by atoms with Crippen molar-refractivity contribution in [1.82, 2.24) is 9.97 Å². The molecule has 0 fully saturated rings. The molecule has 3 rings (SSSR count). The number of thioether (sulfide) groups is 1. The summed E-state index contributed by atoms with van der Waals surface area (Å²) >= 11 is 1.46. The Morgan fingerprint density at radius 2 is 1.75 bits per heavy atom. The summed E-state index contributed by atoms with van der Waals surface area (Å²) in [7, 11) is 0. The van der Waals surface area contributed by atoms with Crippen LogP contribution in [0.3, 0.4) is 0 Å². The summed E-state index contributed by atoms with van der Waals surface area (Å²) in [6.45, 7) is 8.16. The molecule has 1 N–H and O–H groups in total. The number of carbonyl (C=O) groups excluding carboxylic acids is 1. The molecule has 5 heteroatoms. The number of aryl methyl sites for hydroxylation is 4. The summed E-state index contributed by atoms with van der Waals surface area (Å²) in [6.07, 6.45) is 0. The predicted octanol–water partition coefficient (Wildman–Crippen LogP) is 5.35. The van der Waals surface area contributed by atoms with Gasteiger partial charge in [0.15, 0.2) is 10.9 Å². The molecule has 0 unspecified atom stereocenters. The molecule has 1 heterocycles. The van der Waals surface area contributed by atoms with Crippen LogP contribution in [0.25, 0.3) is 11.0 Å². The first kappa shape index (κ1) is 18.7. The van der Waals surface area contributed by atoms with Crippen molar-refractivity contribution in [3.63, 3.8) is 0 Å². The van der Waals surface area contributed by atoms with Crippen LogP contribution in [0.1, 0.15) is 32.6 Å². The summed E-state index contributed by atoms with van der Waals surface area (Å²) in [5.74, 6) is 0.534. The molecule has 126 valence electrons. The predicted molar refractivity (Wildman–Crippen MR) is 107 cm³/mol. The molecule has 0 saturated carbocycles. The van der Waals surface area contributed by atoms with E-state index in [0.717, 1.165) is 32.9 Å². The van der Waals surface area contributed by atoms with Gasteiger partial charge in [0.1, 0.15) is 0 Å². The molecule has 0 aliphatic heterocycles. The zero-order valence-corrected chi connectivity index (χ0v) is 16.8. The van der Waals surface area contributed by atoms with E-state index in [1.165, 1.54) is 22.9 Å². The largest absolute Gasteiger partial charge is 0.333 e. The van der Waals surface area contributed by atoms with Gasteiger partial charge in [-0.05, 0) is 62.6 Å². The minimum absolute atomic E-state index is 0. The van der Waals surface area contributed by atoms with Crippen molar-refractivity contribution >= 4 is 45.6 Å². The van der Waals surface area contributed by atoms with Crippen LogP contribution in [0.15, 0.2) is 35.5 Å². The first-order chi connectivity index (χ1) is 10.9. The Hall–Kier alpha value is -1.59. The number of ketones is 1. The Balaban J connectivity index is 0.00000208. The fraction of sp³-hybridized carbons (Fsp3) is 0.263. The van der Waals surface area contributed by atoms with Gasteiger partial charge >= 0.3 is 0 Å². The number of benzene rings is 2. The van der Waals surface area contributed by atoms with Crippen molar-refractivity contribution in [2.75, 3.05) is 5.75 Å². The van der Waals surface area contributed by atoms with Crippen LogP contribution in [0.5, 0.6) is 0 Å². The Kier molecular flexibility index (Phi) is 5.88. The number of halogens is 1. The number of fused-ring (bicyclic) bond motifs is 1. The summed E-state index contributed by atoms with van der Waals surface area (Å²) < 4.78 is 0. The lowest BCUT2D eigenvalue weighted by molar-refractivity contribution is 0.102. The zero-order valence-electron chi connectivity index (χ0n) is 14.3. The minimum atomic E-state index is 0. The molecule has 0 aliphatic carbocycles. The van der Waals surface area contributed by atoms with Crippen LogP contribution in [0.2, 0.25) is 0 Å². The summed E-state index contributed by atoms with van der Waals surface area (Å²) in [4.78, 5) is 20.3. The van der Waals surface area contributed by atoms with Gasteiger partial charge in [-0.2, -0.15) is 0 Å². The van der Waals surface area contributed by atoms with Gasteiger partial charge in [-0.15, -0.1) is 17.0 Å². The fourth-order valence-electron chi connectivity index (χ4n) is 2.56. The number of imidazole rings is 1. The Morgan fingerprint density at radius 1 is 1.04 bits per heavy atom. The molecule has 1 aromatic heterocycles. The van der Waals surface area contributed by atoms with Crippen molar-refractivity contribution < 1.29 is 4.79 Å². The third kappa shape index (κ3) is 3.90. The van der Waals surface area contributed by atoms with Crippen LogP contribution >= 0.6 is 28.7 Å². The summed E-state index contributed by atoms with van der Waals surface area (Å²) in [5.41, 5.74) is 7.39. The van der Waals surface area contributed by atoms with Crippen LogP contribution < -0.4 is 0 Å². The average Bonchev–Trinajstić information content (AvgIpc) is 2.89. The van der Waals surface area contributed by atoms with Crippen molar-refractivity contribution in [2.24, 2.45) is 0 Å². The highest BCUT2D eigenvalue weighted by Crippen LogP contribution is 2.23. The number of rotatable bonds is 4. The molecule has 0 bridgehead atoms. The van der Waals surface area contributed by atoms with Gasteiger partial charge in [0.05, 0.1) is 16.8 Å². The fourth-order valence-corrected chi connectivity index (χ4v) is 3.33. The molecule has 0 radical (unpaired) electrons. The topological polar surface area (TPSA) is 45.8 Å². The first-order valence-electron chi connectivity index (χ1n) is 7.64. The standard InChI is InChI=1S/C19H20N2OS.BrH/c1-11-5-6-12(2)15(7-11)18(22)10-23-19-20-16-8-13(3)14(4)9-17(16)21-19;/h5-9H,10H2,1-4H3,(H,20,21);1H. The second-order valence-corrected chi connectivity index (χ2v) is 6.99. The van der Waals surface area contributed by atoms with E-state index in [1.54, 1.807) is 0 Å². The molecular formula is C19H21BrN2OS. The second kappa shape index (κ2) is 7.53. The molecule has 3 nitrogen and oxygen atoms in total. The summed E-state index contributed by atoms with van der Waals surface area (Å²) in [6, 6.07) is 10.2. The van der Waals surface area contributed by atoms with Gasteiger partial charge in [-0.3, -0.25) is 4.79 Å². The number of H-pyrrole nitrogens is 1. The van der Waals surface area contributed by atoms with E-state index in [9.17, 15) is 4.79 Å². The van der Waals surface area contributed by atoms with E-state index in [4.69, 9.17) is 0 Å². The third-order valence-corrected chi connectivity index (χ3v) is 4.98. The molecule has 3 aromatic rings. The monoisotopic (exact) mass is 404 g/mol. The number of aromatic amines is 1. The number of Topliss-reactive ketones (excluding diaryl/α,β-unsaturated/α-hetero) is 1. The van der Waals surface area contributed by atoms with Crippen LogP contribution in [0.4, 0.5) is 0 Å². The van der Waals surface area contributed by atoms with E-state index in [-0.39, 0.29) is 22.8 Å². The van der Waals surface area contributed by atoms with Crippen molar-refractivity contribution in [2.45, 2.75) is 32.9 Å². The quantitative estimate of drug-likeness (QED) is 0.470. The Labute approximate surface area is 157 Å². The highest BCUT2D eigenvalue weighted by atomic mass is 79.9. The molecule has 0 saturated heterocycles. The maximum absolute atomic E-state index is 12.5. The van der Waals surface area contributed by atoms with Crippen LogP contribution in [-0.4, -0.2) is 21.5 Å². The smallest absolute Gasteiger partial charge is 0.173 e. The lowest BCUT2D eigenvalue weighted by Gasteiger charge is -2.05. The molecule has 0 amide bonds. The van der Waals surface area contributed by atoms with Gasteiger partial charge in [0, 0.05) is 5.56 Å². The van der Waals surface area contributed by atoms with Crippen molar-refractivity contribution in [3.05, 3.63) is 58.1 Å². The molecule has 0 spiro atoms. The first-order valence-corrected chi connectivity index (χ1v) is 8.63. The normalized spacial score (nSPS) is 10.7. The Morgan fingerprint density at radius 3 is 2.50 bits per heavy atom. The third-order valence-electron chi connectivity index (χ3n) is 4.11. The van der Waals surface area contributed by atoms with Crippen molar-refractivity contribution in [1.29, 1.82) is 0 Å². The molecule has 0 atom stereocenters. The van der Waals surface area contributed by atoms with E-state index in [2.05, 4.69) is 35.9 Å². The Bertz CT molecular complexity index is 863. The number of nitrogens with zero attached hydrogens (tertiary/aromatic N) is 1. The highest BCUT2D eigenvalue weighted by molar-refractivity contribution is 8.93. The molecule has 2 aromatic carbocycles. The lowest BCUT2D eigenvalue weighted by Crippen LogP contribution is -2.05. The average molecular weight is 405 g/mol. The van der Waals surface area contributed by atoms with E-state index in [0.29, 0.717) is 5.75 Å². The van der Waals surface area contributed by atoms with E-state index >= 15 is 0 Å². The maximum atomic E-state index is 12.5. The van der Waals surface area contributed by atoms with Gasteiger partial charge in [0.2, 0.25) is 0 Å². The SMILES string of the molecule is Br.Cc1ccc(C)c(C(=O)CSc2nc3cc(C)c(C)cc3[nH]2)c1. The number of hydrogen-bond acceptors (Lipinski definition) is 3. The maximum Gasteiger partial charge on any atom is 0.173 e. The van der Waals surface area contributed by atoms with Gasteiger partial charge in [-0.25, -0.2) is 4.98 Å². The van der Waals surface area contributed by atoms with Crippen molar-refractivity contribution in [3.8, 4) is 0 Å². The van der Waals surface area contributed by atoms with E-state index < -0.39 is 0 Å². The number of carbonyl (C=O) groups is 1. The highest BCUT2D eigenvalue weighted by Gasteiger charge is 2.12. The second-order valence-electron chi connectivity index (χ2n) is 6.03. The van der Waals surface area contributed by atoms with Crippen LogP contribution in [0, 0.1) is 27.7 Å². The number of nitrogens with one attached hydrogen (secondary N) is 1. The minimum Gasteiger partial charge on any atom is -0.333 e. The molecular weight excluding hydrogens is 384 g/mol. The van der Waals surface area contributed by atoms with E-state index in [1.807, 2.05) is 32.0 Å². The number of aromatic nitrogens is 2. The lowest BCUT2D eigenvalue weighted by atomic mass is 10.0. The number of hydrogen-bond donors (Lipinski definition) is 1. The van der Waals surface area contributed by atoms with Crippen LogP contribution in [-0.2, 0) is 0 Å². The molecule has 0 aliphatic rings. The van der Waals surface area contributed by atoms with Gasteiger partial charge in [-0.1, -0.05) is 29.5 Å². The zero-order chi connectivity index (χ0) is 16.6.